The number of phenolic OH excluding ortho intramolecular Hbond substituents is 1. The van der Waals surface area contributed by atoms with Crippen LogP contribution in [0.3, 0.4) is 0 Å². The second-order valence-corrected chi connectivity index (χ2v) is 4.62. The Labute approximate surface area is 95.9 Å². The zero-order chi connectivity index (χ0) is 11.5. The van der Waals surface area contributed by atoms with Crippen molar-refractivity contribution in [1.82, 2.24) is 0 Å². The van der Waals surface area contributed by atoms with Gasteiger partial charge in [-0.05, 0) is 24.8 Å². The third kappa shape index (κ3) is 2.20. The Hall–Kier alpha value is -1.06. The van der Waals surface area contributed by atoms with Crippen molar-refractivity contribution in [2.75, 3.05) is 0 Å². The van der Waals surface area contributed by atoms with Gasteiger partial charge in [0.1, 0.15) is 5.75 Å². The fraction of sp³-hybridized carbons (Fsp3) is 0.538. The topological polar surface area (TPSA) is 66.5 Å². The standard InChI is InChI=1S/C13H19NO2/c14-12(10-7-3-4-8-11(10)15)13(16)9-5-1-2-6-9/h3-4,7-9,12-13,15-16H,1-2,5-6,14H2/t12-,13+/m1/s1. The van der Waals surface area contributed by atoms with E-state index >= 15 is 0 Å². The van der Waals surface area contributed by atoms with Gasteiger partial charge in [0.15, 0.2) is 0 Å². The van der Waals surface area contributed by atoms with Crippen LogP contribution < -0.4 is 5.73 Å². The number of nitrogens with two attached hydrogens (primary N) is 1. The van der Waals surface area contributed by atoms with Crippen LogP contribution in [0.4, 0.5) is 0 Å². The van der Waals surface area contributed by atoms with Crippen molar-refractivity contribution in [1.29, 1.82) is 0 Å². The maximum Gasteiger partial charge on any atom is 0.120 e. The molecular formula is C13H19NO2. The first-order chi connectivity index (χ1) is 7.70. The van der Waals surface area contributed by atoms with Crippen LogP contribution in [0, 0.1) is 5.92 Å². The summed E-state index contributed by atoms with van der Waals surface area (Å²) in [7, 11) is 0. The zero-order valence-corrected chi connectivity index (χ0v) is 9.34. The molecule has 1 aromatic rings. The Morgan fingerprint density at radius 1 is 1.19 bits per heavy atom. The lowest BCUT2D eigenvalue weighted by Crippen LogP contribution is -2.31. The molecule has 0 bridgehead atoms. The lowest BCUT2D eigenvalue weighted by atomic mass is 9.90. The Morgan fingerprint density at radius 2 is 1.81 bits per heavy atom. The minimum atomic E-state index is -0.546. The minimum absolute atomic E-state index is 0.173. The number of hydrogen-bond acceptors (Lipinski definition) is 3. The van der Waals surface area contributed by atoms with Crippen LogP contribution in [0.5, 0.6) is 5.75 Å². The molecule has 88 valence electrons. The van der Waals surface area contributed by atoms with Gasteiger partial charge in [-0.1, -0.05) is 31.0 Å². The SMILES string of the molecule is N[C@H](c1ccccc1O)[C@@H](O)C1CCCC1. The molecule has 1 aliphatic carbocycles. The fourth-order valence-corrected chi connectivity index (χ4v) is 2.55. The van der Waals surface area contributed by atoms with E-state index in [1.807, 2.05) is 6.07 Å². The van der Waals surface area contributed by atoms with Gasteiger partial charge >= 0.3 is 0 Å². The number of aromatic hydroxyl groups is 1. The summed E-state index contributed by atoms with van der Waals surface area (Å²) in [5.74, 6) is 0.460. The Balaban J connectivity index is 2.11. The van der Waals surface area contributed by atoms with E-state index in [1.54, 1.807) is 18.2 Å². The first-order valence-electron chi connectivity index (χ1n) is 5.91. The third-order valence-corrected chi connectivity index (χ3v) is 3.55. The summed E-state index contributed by atoms with van der Waals surface area (Å²) < 4.78 is 0. The van der Waals surface area contributed by atoms with Crippen molar-refractivity contribution in [2.24, 2.45) is 11.7 Å². The lowest BCUT2D eigenvalue weighted by molar-refractivity contribution is 0.0836. The molecule has 3 nitrogen and oxygen atoms in total. The maximum absolute atomic E-state index is 10.2. The number of benzene rings is 1. The molecule has 0 unspecified atom stereocenters. The predicted molar refractivity (Wildman–Crippen MR) is 63.0 cm³/mol. The Morgan fingerprint density at radius 3 is 2.44 bits per heavy atom. The molecule has 1 saturated carbocycles. The van der Waals surface area contributed by atoms with Crippen molar-refractivity contribution < 1.29 is 10.2 Å². The maximum atomic E-state index is 10.2. The highest BCUT2D eigenvalue weighted by atomic mass is 16.3. The average Bonchev–Trinajstić information content (AvgIpc) is 2.81. The Kier molecular flexibility index (Phi) is 3.46. The van der Waals surface area contributed by atoms with E-state index in [9.17, 15) is 10.2 Å². The number of aliphatic hydroxyl groups excluding tert-OH is 1. The molecule has 1 aliphatic rings. The summed E-state index contributed by atoms with van der Waals surface area (Å²) in [6.07, 6.45) is 3.89. The van der Waals surface area contributed by atoms with Gasteiger partial charge in [0.2, 0.25) is 0 Å². The van der Waals surface area contributed by atoms with Crippen LogP contribution in [0.1, 0.15) is 37.3 Å². The van der Waals surface area contributed by atoms with Gasteiger partial charge in [-0.2, -0.15) is 0 Å². The van der Waals surface area contributed by atoms with Gasteiger partial charge in [0.05, 0.1) is 12.1 Å². The number of para-hydroxylation sites is 1. The molecule has 0 aliphatic heterocycles. The van der Waals surface area contributed by atoms with E-state index in [1.165, 1.54) is 12.8 Å². The van der Waals surface area contributed by atoms with Gasteiger partial charge < -0.3 is 15.9 Å². The summed E-state index contributed by atoms with van der Waals surface area (Å²) in [4.78, 5) is 0. The molecule has 0 aromatic heterocycles. The van der Waals surface area contributed by atoms with E-state index in [2.05, 4.69) is 0 Å². The van der Waals surface area contributed by atoms with E-state index in [4.69, 9.17) is 5.73 Å². The van der Waals surface area contributed by atoms with E-state index < -0.39 is 12.1 Å². The molecule has 0 spiro atoms. The summed E-state index contributed by atoms with van der Waals surface area (Å²) >= 11 is 0. The summed E-state index contributed by atoms with van der Waals surface area (Å²) in [5.41, 5.74) is 6.65. The summed E-state index contributed by atoms with van der Waals surface area (Å²) in [5, 5.41) is 19.8. The minimum Gasteiger partial charge on any atom is -0.508 e. The molecule has 4 N–H and O–H groups in total. The molecule has 0 amide bonds. The Bertz CT molecular complexity index is 348. The van der Waals surface area contributed by atoms with Gasteiger partial charge in [-0.25, -0.2) is 0 Å². The van der Waals surface area contributed by atoms with Crippen LogP contribution in [0.25, 0.3) is 0 Å². The fourth-order valence-electron chi connectivity index (χ4n) is 2.55. The molecule has 0 radical (unpaired) electrons. The summed E-state index contributed by atoms with van der Waals surface area (Å²) in [6, 6.07) is 6.49. The highest BCUT2D eigenvalue weighted by Crippen LogP contribution is 2.34. The second-order valence-electron chi connectivity index (χ2n) is 4.62. The molecule has 0 saturated heterocycles. The zero-order valence-electron chi connectivity index (χ0n) is 9.34. The van der Waals surface area contributed by atoms with E-state index in [0.717, 1.165) is 12.8 Å². The molecule has 2 rings (SSSR count). The van der Waals surface area contributed by atoms with Gasteiger partial charge in [-0.15, -0.1) is 0 Å². The van der Waals surface area contributed by atoms with Crippen molar-refractivity contribution in [3.63, 3.8) is 0 Å². The first kappa shape index (κ1) is 11.4. The largest absolute Gasteiger partial charge is 0.508 e. The molecule has 2 atom stereocenters. The van der Waals surface area contributed by atoms with Crippen LogP contribution in [-0.4, -0.2) is 16.3 Å². The number of rotatable bonds is 3. The molecule has 1 fully saturated rings. The molecule has 16 heavy (non-hydrogen) atoms. The normalized spacial score (nSPS) is 20.9. The predicted octanol–water partition coefficient (Wildman–Crippen LogP) is 1.94. The quantitative estimate of drug-likeness (QED) is 0.730. The van der Waals surface area contributed by atoms with Crippen molar-refractivity contribution in [3.8, 4) is 5.75 Å². The average molecular weight is 221 g/mol. The molecule has 1 aromatic carbocycles. The van der Waals surface area contributed by atoms with E-state index in [0.29, 0.717) is 5.56 Å². The van der Waals surface area contributed by atoms with Crippen LogP contribution in [0.15, 0.2) is 24.3 Å². The second kappa shape index (κ2) is 4.85. The van der Waals surface area contributed by atoms with Crippen molar-refractivity contribution in [2.45, 2.75) is 37.8 Å². The third-order valence-electron chi connectivity index (χ3n) is 3.55. The smallest absolute Gasteiger partial charge is 0.120 e. The van der Waals surface area contributed by atoms with Gasteiger partial charge in [-0.3, -0.25) is 0 Å². The first-order valence-corrected chi connectivity index (χ1v) is 5.91. The van der Waals surface area contributed by atoms with Crippen LogP contribution >= 0.6 is 0 Å². The van der Waals surface area contributed by atoms with Crippen molar-refractivity contribution >= 4 is 0 Å². The monoisotopic (exact) mass is 221 g/mol. The molecule has 3 heteroatoms. The highest BCUT2D eigenvalue weighted by molar-refractivity contribution is 5.35. The van der Waals surface area contributed by atoms with Crippen molar-refractivity contribution in [3.05, 3.63) is 29.8 Å². The van der Waals surface area contributed by atoms with E-state index in [-0.39, 0.29) is 11.7 Å². The number of phenols is 1. The highest BCUT2D eigenvalue weighted by Gasteiger charge is 2.29. The van der Waals surface area contributed by atoms with Gasteiger partial charge in [0.25, 0.3) is 0 Å². The molecular weight excluding hydrogens is 202 g/mol. The molecule has 0 heterocycles. The van der Waals surface area contributed by atoms with Gasteiger partial charge in [0, 0.05) is 5.56 Å². The van der Waals surface area contributed by atoms with Crippen LogP contribution in [0.2, 0.25) is 0 Å². The summed E-state index contributed by atoms with van der Waals surface area (Å²) in [6.45, 7) is 0. The number of hydrogen-bond donors (Lipinski definition) is 3. The van der Waals surface area contributed by atoms with Crippen LogP contribution in [-0.2, 0) is 0 Å². The lowest BCUT2D eigenvalue weighted by Gasteiger charge is -2.25. The number of aliphatic hydroxyl groups is 1.